The fourth-order valence-corrected chi connectivity index (χ4v) is 3.55. The molecule has 0 aliphatic carbocycles. The summed E-state index contributed by atoms with van der Waals surface area (Å²) in [5.41, 5.74) is 1.08. The second kappa shape index (κ2) is 7.12. The lowest BCUT2D eigenvalue weighted by atomic mass is 9.71. The molecule has 0 bridgehead atoms. The minimum absolute atomic E-state index is 0.0365. The normalized spacial score (nSPS) is 18.8. The van der Waals surface area contributed by atoms with Crippen molar-refractivity contribution in [2.75, 3.05) is 26.2 Å². The molecule has 138 valence electrons. The van der Waals surface area contributed by atoms with Crippen molar-refractivity contribution >= 4 is 0 Å². The van der Waals surface area contributed by atoms with Gasteiger partial charge in [0.15, 0.2) is 0 Å². The fourth-order valence-electron chi connectivity index (χ4n) is 3.55. The van der Waals surface area contributed by atoms with Crippen LogP contribution in [-0.2, 0) is 12.0 Å². The van der Waals surface area contributed by atoms with Crippen LogP contribution < -0.4 is 0 Å². The third kappa shape index (κ3) is 3.83. The van der Waals surface area contributed by atoms with Crippen LogP contribution in [0.15, 0.2) is 6.20 Å². The van der Waals surface area contributed by atoms with Gasteiger partial charge in [-0.25, -0.2) is 0 Å². The lowest BCUT2D eigenvalue weighted by Crippen LogP contribution is -2.62. The van der Waals surface area contributed by atoms with Crippen molar-refractivity contribution < 1.29 is 0 Å². The molecule has 2 rings (SSSR count). The van der Waals surface area contributed by atoms with Crippen LogP contribution in [0.5, 0.6) is 0 Å². The SMILES string of the molecule is CC(C)Cn1cc(C(C)(C)C(C)(C)N2CCN(C(C)C)CC2)nn1. The predicted octanol–water partition coefficient (Wildman–Crippen LogP) is 3.02. The molecule has 0 spiro atoms. The van der Waals surface area contributed by atoms with Gasteiger partial charge in [-0.1, -0.05) is 32.9 Å². The predicted molar refractivity (Wildman–Crippen MR) is 100 cm³/mol. The van der Waals surface area contributed by atoms with Crippen LogP contribution >= 0.6 is 0 Å². The maximum Gasteiger partial charge on any atom is 0.0901 e. The molecule has 0 atom stereocenters. The van der Waals surface area contributed by atoms with Gasteiger partial charge in [0.1, 0.15) is 0 Å². The van der Waals surface area contributed by atoms with E-state index in [0.29, 0.717) is 12.0 Å². The molecule has 24 heavy (non-hydrogen) atoms. The van der Waals surface area contributed by atoms with Crippen LogP contribution in [0.2, 0.25) is 0 Å². The number of nitrogens with zero attached hydrogens (tertiary/aromatic N) is 5. The molecular weight excluding hydrogens is 298 g/mol. The Bertz CT molecular complexity index is 522. The van der Waals surface area contributed by atoms with E-state index >= 15 is 0 Å². The molecule has 0 amide bonds. The first kappa shape index (κ1) is 19.4. The van der Waals surface area contributed by atoms with Crippen LogP contribution in [0.25, 0.3) is 0 Å². The second-order valence-corrected chi connectivity index (χ2v) is 9.02. The molecule has 5 heteroatoms. The van der Waals surface area contributed by atoms with Gasteiger partial charge in [0.25, 0.3) is 0 Å². The van der Waals surface area contributed by atoms with Gasteiger partial charge in [0.05, 0.1) is 5.69 Å². The van der Waals surface area contributed by atoms with E-state index in [-0.39, 0.29) is 11.0 Å². The molecule has 1 aliphatic rings. The molecule has 1 fully saturated rings. The van der Waals surface area contributed by atoms with E-state index in [0.717, 1.165) is 38.4 Å². The van der Waals surface area contributed by atoms with Crippen LogP contribution in [0.1, 0.15) is 61.1 Å². The van der Waals surface area contributed by atoms with Gasteiger partial charge in [-0.15, -0.1) is 5.10 Å². The quantitative estimate of drug-likeness (QED) is 0.801. The number of hydrogen-bond acceptors (Lipinski definition) is 4. The summed E-state index contributed by atoms with van der Waals surface area (Å²) in [6, 6.07) is 0.638. The maximum absolute atomic E-state index is 4.52. The third-order valence-corrected chi connectivity index (χ3v) is 6.10. The average molecular weight is 336 g/mol. The highest BCUT2D eigenvalue weighted by molar-refractivity contribution is 5.18. The molecular formula is C19H37N5. The fraction of sp³-hybridized carbons (Fsp3) is 0.895. The zero-order valence-corrected chi connectivity index (χ0v) is 17.0. The van der Waals surface area contributed by atoms with Gasteiger partial charge in [-0.2, -0.15) is 0 Å². The molecule has 1 aliphatic heterocycles. The maximum atomic E-state index is 4.52. The summed E-state index contributed by atoms with van der Waals surface area (Å²) in [6.45, 7) is 23.8. The molecule has 2 heterocycles. The third-order valence-electron chi connectivity index (χ3n) is 6.10. The summed E-state index contributed by atoms with van der Waals surface area (Å²) in [7, 11) is 0. The van der Waals surface area contributed by atoms with E-state index in [9.17, 15) is 0 Å². The zero-order chi connectivity index (χ0) is 18.1. The first-order valence-corrected chi connectivity index (χ1v) is 9.45. The zero-order valence-electron chi connectivity index (χ0n) is 17.0. The van der Waals surface area contributed by atoms with Crippen molar-refractivity contribution in [3.8, 4) is 0 Å². The first-order valence-electron chi connectivity index (χ1n) is 9.45. The van der Waals surface area contributed by atoms with E-state index in [1.165, 1.54) is 0 Å². The van der Waals surface area contributed by atoms with Gasteiger partial charge in [-0.3, -0.25) is 14.5 Å². The molecule has 0 aromatic carbocycles. The lowest BCUT2D eigenvalue weighted by molar-refractivity contribution is 0.00213. The van der Waals surface area contributed by atoms with Crippen LogP contribution in [0.4, 0.5) is 0 Å². The van der Waals surface area contributed by atoms with Gasteiger partial charge >= 0.3 is 0 Å². The topological polar surface area (TPSA) is 37.2 Å². The molecule has 1 saturated heterocycles. The Kier molecular flexibility index (Phi) is 5.75. The highest BCUT2D eigenvalue weighted by Crippen LogP contribution is 2.38. The lowest BCUT2D eigenvalue weighted by Gasteiger charge is -2.51. The summed E-state index contributed by atoms with van der Waals surface area (Å²) >= 11 is 0. The summed E-state index contributed by atoms with van der Waals surface area (Å²) in [5.74, 6) is 0.583. The summed E-state index contributed by atoms with van der Waals surface area (Å²) in [5, 5.41) is 8.88. The Labute approximate surface area is 148 Å². The van der Waals surface area contributed by atoms with Crippen LogP contribution in [0.3, 0.4) is 0 Å². The monoisotopic (exact) mass is 335 g/mol. The second-order valence-electron chi connectivity index (χ2n) is 9.02. The molecule has 5 nitrogen and oxygen atoms in total. The van der Waals surface area contributed by atoms with Crippen molar-refractivity contribution in [3.05, 3.63) is 11.9 Å². The number of rotatable bonds is 6. The molecule has 1 aromatic rings. The average Bonchev–Trinajstić information content (AvgIpc) is 2.95. The Balaban J connectivity index is 2.13. The molecule has 0 N–H and O–H groups in total. The van der Waals surface area contributed by atoms with Crippen molar-refractivity contribution in [2.24, 2.45) is 5.92 Å². The molecule has 0 radical (unpaired) electrons. The Morgan fingerprint density at radius 2 is 1.58 bits per heavy atom. The van der Waals surface area contributed by atoms with Crippen molar-refractivity contribution in [2.45, 2.75) is 78.9 Å². The van der Waals surface area contributed by atoms with Crippen molar-refractivity contribution in [1.29, 1.82) is 0 Å². The highest BCUT2D eigenvalue weighted by Gasteiger charge is 2.45. The highest BCUT2D eigenvalue weighted by atomic mass is 15.4. The standard InChI is InChI=1S/C19H37N5/c1-15(2)13-24-14-17(20-21-24)18(5,6)19(7,8)23-11-9-22(10-12-23)16(3)4/h14-16H,9-13H2,1-8H3. The van der Waals surface area contributed by atoms with Crippen LogP contribution in [0, 0.1) is 5.92 Å². The summed E-state index contributed by atoms with van der Waals surface area (Å²) in [4.78, 5) is 5.20. The van der Waals surface area contributed by atoms with Crippen molar-refractivity contribution in [3.63, 3.8) is 0 Å². The Morgan fingerprint density at radius 3 is 2.08 bits per heavy atom. The van der Waals surface area contributed by atoms with E-state index in [4.69, 9.17) is 0 Å². The number of aromatic nitrogens is 3. The van der Waals surface area contributed by atoms with E-state index in [1.807, 2.05) is 4.68 Å². The molecule has 0 unspecified atom stereocenters. The number of hydrogen-bond donors (Lipinski definition) is 0. The van der Waals surface area contributed by atoms with Crippen molar-refractivity contribution in [1.82, 2.24) is 24.8 Å². The number of piperazine rings is 1. The summed E-state index contributed by atoms with van der Waals surface area (Å²) in [6.07, 6.45) is 2.14. The molecule has 1 aromatic heterocycles. The van der Waals surface area contributed by atoms with Gasteiger partial charge < -0.3 is 0 Å². The first-order chi connectivity index (χ1) is 11.1. The minimum Gasteiger partial charge on any atom is -0.298 e. The summed E-state index contributed by atoms with van der Waals surface area (Å²) < 4.78 is 1.99. The smallest absolute Gasteiger partial charge is 0.0901 e. The molecule has 0 saturated carbocycles. The minimum atomic E-state index is -0.0533. The van der Waals surface area contributed by atoms with Gasteiger partial charge in [-0.05, 0) is 33.6 Å². The van der Waals surface area contributed by atoms with Crippen LogP contribution in [-0.4, -0.2) is 62.6 Å². The van der Waals surface area contributed by atoms with E-state index in [1.54, 1.807) is 0 Å². The Hall–Kier alpha value is -0.940. The van der Waals surface area contributed by atoms with Gasteiger partial charge in [0.2, 0.25) is 0 Å². The van der Waals surface area contributed by atoms with Gasteiger partial charge in [0, 0.05) is 55.9 Å². The largest absolute Gasteiger partial charge is 0.298 e. The van der Waals surface area contributed by atoms with E-state index in [2.05, 4.69) is 81.7 Å². The Morgan fingerprint density at radius 1 is 1.00 bits per heavy atom. The van der Waals surface area contributed by atoms with E-state index < -0.39 is 0 Å².